The number of aryl methyl sites for hydroxylation is 1. The van der Waals surface area contributed by atoms with Gasteiger partial charge < -0.3 is 20.9 Å². The zero-order valence-corrected chi connectivity index (χ0v) is 15.7. The molecule has 1 aromatic rings. The average molecular weight is 400 g/mol. The van der Waals surface area contributed by atoms with Crippen molar-refractivity contribution in [2.45, 2.75) is 30.1 Å². The van der Waals surface area contributed by atoms with Gasteiger partial charge in [0.25, 0.3) is 0 Å². The zero-order valence-electron chi connectivity index (χ0n) is 13.4. The van der Waals surface area contributed by atoms with Gasteiger partial charge in [0.05, 0.1) is 6.54 Å². The molecule has 0 fully saturated rings. The summed E-state index contributed by atoms with van der Waals surface area (Å²) in [5.74, 6) is -1.43. The van der Waals surface area contributed by atoms with Crippen LogP contribution in [0.2, 0.25) is 0 Å². The number of halogens is 3. The van der Waals surface area contributed by atoms with Gasteiger partial charge in [0.1, 0.15) is 12.6 Å². The first-order valence-corrected chi connectivity index (χ1v) is 8.23. The highest BCUT2D eigenvalue weighted by atomic mass is 35.6. The van der Waals surface area contributed by atoms with E-state index in [1.165, 1.54) is 0 Å². The normalized spacial score (nSPS) is 11.8. The third-order valence-electron chi connectivity index (χ3n) is 2.68. The number of alkyl halides is 3. The first kappa shape index (κ1) is 22.8. The lowest BCUT2D eigenvalue weighted by molar-refractivity contribution is -0.144. The van der Waals surface area contributed by atoms with Crippen molar-refractivity contribution >= 4 is 52.4 Å². The molecule has 24 heavy (non-hydrogen) atoms. The molecular formula is C15H21Cl3N2O4. The number of para-hydroxylation sites is 1. The lowest BCUT2D eigenvalue weighted by atomic mass is 10.1. The third-order valence-corrected chi connectivity index (χ3v) is 3.00. The molecule has 1 rings (SSSR count). The summed E-state index contributed by atoms with van der Waals surface area (Å²) in [6, 6.07) is 7.26. The number of hydrogen-bond acceptors (Lipinski definition) is 5. The number of anilines is 1. The van der Waals surface area contributed by atoms with E-state index in [9.17, 15) is 9.59 Å². The van der Waals surface area contributed by atoms with E-state index in [2.05, 4.69) is 11.1 Å². The molecule has 4 N–H and O–H groups in total. The van der Waals surface area contributed by atoms with Crippen LogP contribution in [0.15, 0.2) is 24.3 Å². The first-order valence-electron chi connectivity index (χ1n) is 7.10. The number of carboxylic acid groups (broad SMARTS) is 1. The van der Waals surface area contributed by atoms with Crippen LogP contribution in [0, 0.1) is 0 Å². The SMILES string of the molecule is CCc1ccccc1N[C@@H](C)C(=O)OCC(Cl)(Cl)Cl.NCC(=O)O. The van der Waals surface area contributed by atoms with Crippen molar-refractivity contribution in [1.82, 2.24) is 0 Å². The van der Waals surface area contributed by atoms with Crippen molar-refractivity contribution in [2.24, 2.45) is 5.73 Å². The standard InChI is InChI=1S/C13H16Cl3NO2.C2H5NO2/c1-3-10-6-4-5-7-11(10)17-9(2)12(18)19-8-13(14,15)16;3-1-2(4)5/h4-7,9,17H,3,8H2,1-2H3;1,3H2,(H,4,5)/t9-;/m0./s1. The van der Waals surface area contributed by atoms with Gasteiger partial charge in [0, 0.05) is 5.69 Å². The fraction of sp³-hybridized carbons (Fsp3) is 0.467. The average Bonchev–Trinajstić information content (AvgIpc) is 2.52. The smallest absolute Gasteiger partial charge is 0.328 e. The van der Waals surface area contributed by atoms with Gasteiger partial charge in [-0.2, -0.15) is 0 Å². The van der Waals surface area contributed by atoms with Crippen LogP contribution in [0.1, 0.15) is 19.4 Å². The Labute approximate surface area is 156 Å². The summed E-state index contributed by atoms with van der Waals surface area (Å²) in [6.45, 7) is 3.21. The van der Waals surface area contributed by atoms with Gasteiger partial charge in [0.2, 0.25) is 3.79 Å². The van der Waals surface area contributed by atoms with Crippen LogP contribution >= 0.6 is 34.8 Å². The molecule has 0 saturated carbocycles. The van der Waals surface area contributed by atoms with Gasteiger partial charge in [-0.1, -0.05) is 59.9 Å². The van der Waals surface area contributed by atoms with Gasteiger partial charge in [-0.05, 0) is 25.0 Å². The number of nitrogens with one attached hydrogen (secondary N) is 1. The van der Waals surface area contributed by atoms with E-state index in [1.807, 2.05) is 31.2 Å². The maximum atomic E-state index is 11.7. The van der Waals surface area contributed by atoms with Crippen LogP contribution in [0.25, 0.3) is 0 Å². The lowest BCUT2D eigenvalue weighted by Gasteiger charge is -2.18. The van der Waals surface area contributed by atoms with E-state index in [0.29, 0.717) is 0 Å². The van der Waals surface area contributed by atoms with Crippen molar-refractivity contribution < 1.29 is 19.4 Å². The third kappa shape index (κ3) is 10.5. The molecule has 0 radical (unpaired) electrons. The second kappa shape index (κ2) is 11.4. The summed E-state index contributed by atoms with van der Waals surface area (Å²) < 4.78 is 3.33. The number of ether oxygens (including phenoxy) is 1. The molecule has 0 aliphatic carbocycles. The molecular weight excluding hydrogens is 379 g/mol. The lowest BCUT2D eigenvalue weighted by Crippen LogP contribution is -2.31. The second-order valence-corrected chi connectivity index (χ2v) is 7.21. The van der Waals surface area contributed by atoms with Crippen LogP contribution < -0.4 is 11.1 Å². The Kier molecular flexibility index (Phi) is 10.8. The highest BCUT2D eigenvalue weighted by Gasteiger charge is 2.24. The van der Waals surface area contributed by atoms with E-state index in [-0.39, 0.29) is 13.2 Å². The van der Waals surface area contributed by atoms with E-state index in [1.54, 1.807) is 6.92 Å². The Morgan fingerprint density at radius 1 is 1.33 bits per heavy atom. The Morgan fingerprint density at radius 3 is 2.33 bits per heavy atom. The largest absolute Gasteiger partial charge is 0.480 e. The molecule has 0 spiro atoms. The number of hydrogen-bond donors (Lipinski definition) is 3. The monoisotopic (exact) mass is 398 g/mol. The molecule has 0 saturated heterocycles. The van der Waals surface area contributed by atoms with Crippen molar-refractivity contribution in [2.75, 3.05) is 18.5 Å². The number of nitrogens with two attached hydrogens (primary N) is 1. The summed E-state index contributed by atoms with van der Waals surface area (Å²) in [7, 11) is 0. The number of carbonyl (C=O) groups excluding carboxylic acids is 1. The van der Waals surface area contributed by atoms with Crippen LogP contribution in [-0.4, -0.2) is 40.0 Å². The molecule has 0 heterocycles. The van der Waals surface area contributed by atoms with Crippen LogP contribution in [0.3, 0.4) is 0 Å². The van der Waals surface area contributed by atoms with Gasteiger partial charge in [-0.15, -0.1) is 0 Å². The van der Waals surface area contributed by atoms with Crippen molar-refractivity contribution in [3.8, 4) is 0 Å². The van der Waals surface area contributed by atoms with E-state index in [4.69, 9.17) is 44.6 Å². The molecule has 0 aliphatic rings. The van der Waals surface area contributed by atoms with Crippen molar-refractivity contribution in [3.05, 3.63) is 29.8 Å². The molecule has 136 valence electrons. The van der Waals surface area contributed by atoms with Crippen LogP contribution in [-0.2, 0) is 20.7 Å². The summed E-state index contributed by atoms with van der Waals surface area (Å²) in [5.41, 5.74) is 6.61. The minimum absolute atomic E-state index is 0.266. The molecule has 0 bridgehead atoms. The fourth-order valence-corrected chi connectivity index (χ4v) is 1.70. The number of carboxylic acids is 1. The number of aliphatic carboxylic acids is 1. The van der Waals surface area contributed by atoms with E-state index < -0.39 is 21.8 Å². The molecule has 1 atom stereocenters. The van der Waals surface area contributed by atoms with Gasteiger partial charge in [-0.3, -0.25) is 4.79 Å². The van der Waals surface area contributed by atoms with E-state index >= 15 is 0 Å². The molecule has 0 unspecified atom stereocenters. The Hall–Kier alpha value is -1.21. The topological polar surface area (TPSA) is 102 Å². The minimum atomic E-state index is -1.59. The zero-order chi connectivity index (χ0) is 18.8. The van der Waals surface area contributed by atoms with Crippen LogP contribution in [0.4, 0.5) is 5.69 Å². The molecule has 6 nitrogen and oxygen atoms in total. The van der Waals surface area contributed by atoms with Gasteiger partial charge in [0.15, 0.2) is 0 Å². The van der Waals surface area contributed by atoms with Crippen LogP contribution in [0.5, 0.6) is 0 Å². The molecule has 1 aromatic carbocycles. The summed E-state index contributed by atoms with van der Waals surface area (Å²) >= 11 is 16.6. The second-order valence-electron chi connectivity index (χ2n) is 4.70. The molecule has 9 heteroatoms. The number of esters is 1. The predicted molar refractivity (Wildman–Crippen MR) is 96.8 cm³/mol. The highest BCUT2D eigenvalue weighted by molar-refractivity contribution is 6.67. The summed E-state index contributed by atoms with van der Waals surface area (Å²) in [5, 5.41) is 10.7. The maximum absolute atomic E-state index is 11.7. The number of carbonyl (C=O) groups is 2. The van der Waals surface area contributed by atoms with E-state index in [0.717, 1.165) is 17.7 Å². The van der Waals surface area contributed by atoms with Gasteiger partial charge >= 0.3 is 11.9 Å². The molecule has 0 aromatic heterocycles. The predicted octanol–water partition coefficient (Wildman–Crippen LogP) is 2.99. The Balaban J connectivity index is 0.000000922. The number of rotatable bonds is 6. The number of benzene rings is 1. The van der Waals surface area contributed by atoms with Crippen molar-refractivity contribution in [3.63, 3.8) is 0 Å². The fourth-order valence-electron chi connectivity index (χ4n) is 1.54. The molecule has 0 aliphatic heterocycles. The van der Waals surface area contributed by atoms with Crippen molar-refractivity contribution in [1.29, 1.82) is 0 Å². The summed E-state index contributed by atoms with van der Waals surface area (Å²) in [4.78, 5) is 21.0. The quantitative estimate of drug-likeness (QED) is 0.502. The molecule has 0 amide bonds. The Morgan fingerprint density at radius 2 is 1.88 bits per heavy atom. The maximum Gasteiger partial charge on any atom is 0.328 e. The minimum Gasteiger partial charge on any atom is -0.480 e. The highest BCUT2D eigenvalue weighted by Crippen LogP contribution is 2.26. The Bertz CT molecular complexity index is 536. The summed E-state index contributed by atoms with van der Waals surface area (Å²) in [6.07, 6.45) is 0.874. The van der Waals surface area contributed by atoms with Gasteiger partial charge in [-0.25, -0.2) is 4.79 Å². The first-order chi connectivity index (χ1) is 11.1.